The molecule has 0 bridgehead atoms. The summed E-state index contributed by atoms with van der Waals surface area (Å²) in [6.07, 6.45) is 4.91. The zero-order valence-corrected chi connectivity index (χ0v) is 28.4. The maximum absolute atomic E-state index is 13.7. The fourth-order valence-electron chi connectivity index (χ4n) is 5.36. The van der Waals surface area contributed by atoms with Gasteiger partial charge in [0.2, 0.25) is 11.8 Å². The summed E-state index contributed by atoms with van der Waals surface area (Å²) in [5, 5.41) is 8.97. The molecule has 0 aromatic heterocycles. The van der Waals surface area contributed by atoms with Crippen molar-refractivity contribution in [3.8, 4) is 5.75 Å². The standard InChI is InChI=1S/C36H45IN4O4/c1-26(2)21-32(40-36(44)41-19-8-3-4-9-20-41)35(43)39-33(34(42)38-24-29-13-10-14-30(37)22-29)23-27-15-17-31(18-16-27)45-25-28-11-6-5-7-12-28/h5-7,10-18,22,26,32-33H,3-4,8-9,19-21,23-25H2,1-2H3,(H,38,42)(H,39,43)(H,40,44)/t32-,33-/m0/s1. The second-order valence-corrected chi connectivity index (χ2v) is 13.3. The number of likely N-dealkylation sites (tertiary alicyclic amines) is 1. The Morgan fingerprint density at radius 3 is 2.13 bits per heavy atom. The van der Waals surface area contributed by atoms with Crippen LogP contribution >= 0.6 is 22.6 Å². The summed E-state index contributed by atoms with van der Waals surface area (Å²) in [5.41, 5.74) is 2.93. The average molecular weight is 725 g/mol. The minimum absolute atomic E-state index is 0.168. The Kier molecular flexibility index (Phi) is 13.5. The van der Waals surface area contributed by atoms with Crippen LogP contribution < -0.4 is 20.7 Å². The second kappa shape index (κ2) is 17.8. The summed E-state index contributed by atoms with van der Waals surface area (Å²) in [6, 6.07) is 23.7. The third kappa shape index (κ3) is 11.7. The third-order valence-electron chi connectivity index (χ3n) is 7.81. The van der Waals surface area contributed by atoms with Crippen LogP contribution in [-0.2, 0) is 29.2 Å². The van der Waals surface area contributed by atoms with Gasteiger partial charge in [-0.25, -0.2) is 4.79 Å². The highest BCUT2D eigenvalue weighted by Crippen LogP contribution is 2.17. The zero-order valence-electron chi connectivity index (χ0n) is 26.3. The number of nitrogens with one attached hydrogen (secondary N) is 3. The van der Waals surface area contributed by atoms with Gasteiger partial charge < -0.3 is 25.6 Å². The Morgan fingerprint density at radius 1 is 0.778 bits per heavy atom. The van der Waals surface area contributed by atoms with Crippen LogP contribution in [0, 0.1) is 9.49 Å². The predicted molar refractivity (Wildman–Crippen MR) is 186 cm³/mol. The molecule has 1 fully saturated rings. The van der Waals surface area contributed by atoms with Crippen molar-refractivity contribution in [1.82, 2.24) is 20.9 Å². The highest BCUT2D eigenvalue weighted by atomic mass is 127. The van der Waals surface area contributed by atoms with Crippen molar-refractivity contribution in [2.24, 2.45) is 5.92 Å². The number of carbonyl (C=O) groups excluding carboxylic acids is 3. The molecule has 4 rings (SSSR count). The molecule has 0 saturated carbocycles. The number of nitrogens with zero attached hydrogens (tertiary/aromatic N) is 1. The van der Waals surface area contributed by atoms with Gasteiger partial charge in [0, 0.05) is 29.6 Å². The van der Waals surface area contributed by atoms with Crippen molar-refractivity contribution in [1.29, 1.82) is 0 Å². The van der Waals surface area contributed by atoms with Gasteiger partial charge in [0.25, 0.3) is 0 Å². The van der Waals surface area contributed by atoms with Crippen molar-refractivity contribution in [3.05, 3.63) is 99.1 Å². The quantitative estimate of drug-likeness (QED) is 0.183. The summed E-state index contributed by atoms with van der Waals surface area (Å²) in [5.74, 6) is 0.249. The molecule has 0 aliphatic carbocycles. The van der Waals surface area contributed by atoms with Gasteiger partial charge in [0.15, 0.2) is 0 Å². The number of carbonyl (C=O) groups is 3. The maximum atomic E-state index is 13.7. The summed E-state index contributed by atoms with van der Waals surface area (Å²) in [7, 11) is 0. The Hall–Kier alpha value is -3.60. The van der Waals surface area contributed by atoms with Gasteiger partial charge in [-0.2, -0.15) is 0 Å². The largest absolute Gasteiger partial charge is 0.489 e. The molecule has 1 aliphatic heterocycles. The van der Waals surface area contributed by atoms with Crippen LogP contribution in [-0.4, -0.2) is 47.9 Å². The molecule has 1 aliphatic rings. The van der Waals surface area contributed by atoms with E-state index in [0.717, 1.165) is 51.7 Å². The van der Waals surface area contributed by atoms with Gasteiger partial charge in [0.05, 0.1) is 0 Å². The number of hydrogen-bond donors (Lipinski definition) is 3. The fourth-order valence-corrected chi connectivity index (χ4v) is 5.96. The van der Waals surface area contributed by atoms with E-state index in [2.05, 4.69) is 38.5 Å². The molecule has 0 unspecified atom stereocenters. The average Bonchev–Trinajstić information content (AvgIpc) is 3.33. The molecule has 45 heavy (non-hydrogen) atoms. The monoisotopic (exact) mass is 724 g/mol. The Labute approximate surface area is 280 Å². The molecule has 3 aromatic rings. The highest BCUT2D eigenvalue weighted by molar-refractivity contribution is 14.1. The van der Waals surface area contributed by atoms with Gasteiger partial charge in [-0.1, -0.05) is 81.3 Å². The van der Waals surface area contributed by atoms with E-state index < -0.39 is 12.1 Å². The number of urea groups is 1. The third-order valence-corrected chi connectivity index (χ3v) is 8.49. The Morgan fingerprint density at radius 2 is 1.47 bits per heavy atom. The molecule has 3 N–H and O–H groups in total. The normalized spacial score (nSPS) is 14.6. The first-order valence-electron chi connectivity index (χ1n) is 15.9. The smallest absolute Gasteiger partial charge is 0.318 e. The van der Waals surface area contributed by atoms with Gasteiger partial charge in [-0.3, -0.25) is 9.59 Å². The zero-order chi connectivity index (χ0) is 32.0. The molecule has 2 atom stereocenters. The van der Waals surface area contributed by atoms with E-state index in [1.807, 2.05) is 92.7 Å². The molecule has 8 nitrogen and oxygen atoms in total. The first-order chi connectivity index (χ1) is 21.8. The predicted octanol–water partition coefficient (Wildman–Crippen LogP) is 6.21. The second-order valence-electron chi connectivity index (χ2n) is 12.1. The number of ether oxygens (including phenoxy) is 1. The molecule has 1 heterocycles. The fraction of sp³-hybridized carbons (Fsp3) is 0.417. The molecule has 240 valence electrons. The van der Waals surface area contributed by atoms with E-state index in [1.165, 1.54) is 0 Å². The molecule has 4 amide bonds. The minimum Gasteiger partial charge on any atom is -0.489 e. The van der Waals surface area contributed by atoms with E-state index in [-0.39, 0.29) is 30.2 Å². The van der Waals surface area contributed by atoms with Crippen LogP contribution in [0.3, 0.4) is 0 Å². The summed E-state index contributed by atoms with van der Waals surface area (Å²) < 4.78 is 7.01. The molecule has 0 radical (unpaired) electrons. The lowest BCUT2D eigenvalue weighted by atomic mass is 10.0. The SMILES string of the molecule is CC(C)C[C@H](NC(=O)N1CCCCCC1)C(=O)N[C@@H](Cc1ccc(OCc2ccccc2)cc1)C(=O)NCc1cccc(I)c1. The van der Waals surface area contributed by atoms with Crippen LogP contribution in [0.4, 0.5) is 4.79 Å². The van der Waals surface area contributed by atoms with E-state index in [4.69, 9.17) is 4.74 Å². The van der Waals surface area contributed by atoms with Crippen LogP contribution in [0.2, 0.25) is 0 Å². The summed E-state index contributed by atoms with van der Waals surface area (Å²) in [6.45, 7) is 6.22. The summed E-state index contributed by atoms with van der Waals surface area (Å²) in [4.78, 5) is 42.3. The molecular formula is C36H45IN4O4. The molecule has 1 saturated heterocycles. The van der Waals surface area contributed by atoms with Crippen LogP contribution in [0.1, 0.15) is 62.6 Å². The van der Waals surface area contributed by atoms with E-state index in [0.29, 0.717) is 32.7 Å². The van der Waals surface area contributed by atoms with Crippen LogP contribution in [0.5, 0.6) is 5.75 Å². The van der Waals surface area contributed by atoms with Gasteiger partial charge in [0.1, 0.15) is 24.4 Å². The molecule has 0 spiro atoms. The Balaban J connectivity index is 1.45. The van der Waals surface area contributed by atoms with Crippen LogP contribution in [0.15, 0.2) is 78.9 Å². The molecular weight excluding hydrogens is 679 g/mol. The van der Waals surface area contributed by atoms with E-state index in [1.54, 1.807) is 4.90 Å². The number of hydrogen-bond acceptors (Lipinski definition) is 4. The van der Waals surface area contributed by atoms with E-state index in [9.17, 15) is 14.4 Å². The first kappa shape index (κ1) is 34.3. The summed E-state index contributed by atoms with van der Waals surface area (Å²) >= 11 is 2.24. The van der Waals surface area contributed by atoms with Crippen molar-refractivity contribution >= 4 is 40.4 Å². The van der Waals surface area contributed by atoms with Crippen molar-refractivity contribution < 1.29 is 19.1 Å². The lowest BCUT2D eigenvalue weighted by molar-refractivity contribution is -0.130. The topological polar surface area (TPSA) is 99.8 Å². The molecule has 9 heteroatoms. The van der Waals surface area contributed by atoms with E-state index >= 15 is 0 Å². The minimum atomic E-state index is -0.832. The van der Waals surface area contributed by atoms with Crippen molar-refractivity contribution in [2.45, 2.75) is 77.6 Å². The lowest BCUT2D eigenvalue weighted by Crippen LogP contribution is -2.56. The Bertz CT molecular complexity index is 1380. The van der Waals surface area contributed by atoms with Crippen molar-refractivity contribution in [3.63, 3.8) is 0 Å². The van der Waals surface area contributed by atoms with Gasteiger partial charge in [-0.15, -0.1) is 0 Å². The maximum Gasteiger partial charge on any atom is 0.318 e. The van der Waals surface area contributed by atoms with Gasteiger partial charge >= 0.3 is 6.03 Å². The molecule has 3 aromatic carbocycles. The number of amides is 4. The number of halogens is 1. The lowest BCUT2D eigenvalue weighted by Gasteiger charge is -2.27. The van der Waals surface area contributed by atoms with Crippen LogP contribution in [0.25, 0.3) is 0 Å². The number of benzene rings is 3. The van der Waals surface area contributed by atoms with Crippen molar-refractivity contribution in [2.75, 3.05) is 13.1 Å². The first-order valence-corrected chi connectivity index (χ1v) is 17.0. The number of rotatable bonds is 13. The highest BCUT2D eigenvalue weighted by Gasteiger charge is 2.29. The van der Waals surface area contributed by atoms with Gasteiger partial charge in [-0.05, 0) is 88.7 Å².